The Morgan fingerprint density at radius 1 is 1.24 bits per heavy atom. The minimum atomic E-state index is -0.930. The van der Waals surface area contributed by atoms with Crippen molar-refractivity contribution in [3.8, 4) is 0 Å². The second kappa shape index (κ2) is 8.79. The summed E-state index contributed by atoms with van der Waals surface area (Å²) < 4.78 is 17.3. The number of halogens is 1. The molecule has 2 heterocycles. The van der Waals surface area contributed by atoms with E-state index in [1.165, 1.54) is 45.9 Å². The summed E-state index contributed by atoms with van der Waals surface area (Å²) in [6.07, 6.45) is 0.719. The van der Waals surface area contributed by atoms with E-state index in [9.17, 15) is 14.0 Å². The Labute approximate surface area is 176 Å². The molecule has 0 saturated heterocycles. The van der Waals surface area contributed by atoms with Crippen molar-refractivity contribution in [1.29, 1.82) is 0 Å². The van der Waals surface area contributed by atoms with E-state index >= 15 is 0 Å². The molecule has 0 aliphatic carbocycles. The zero-order chi connectivity index (χ0) is 21.0. The minimum Gasteiger partial charge on any atom is -0.349 e. The van der Waals surface area contributed by atoms with E-state index in [0.29, 0.717) is 10.6 Å². The average Bonchev–Trinajstić information content (AvgIpc) is 3.40. The first-order valence-corrected chi connectivity index (χ1v) is 10.8. The molecule has 152 valence electrons. The number of aromatic nitrogens is 2. The van der Waals surface area contributed by atoms with Crippen LogP contribution in [-0.2, 0) is 4.79 Å². The molecule has 0 aliphatic heterocycles. The third-order valence-electron chi connectivity index (χ3n) is 4.57. The third kappa shape index (κ3) is 4.86. The molecule has 0 spiro atoms. The largest absolute Gasteiger partial charge is 0.349 e. The maximum Gasteiger partial charge on any atom is 0.280 e. The Balaban J connectivity index is 2.10. The van der Waals surface area contributed by atoms with Crippen molar-refractivity contribution in [1.82, 2.24) is 14.9 Å². The van der Waals surface area contributed by atoms with Crippen LogP contribution in [0.25, 0.3) is 0 Å². The Bertz CT molecular complexity index is 957. The van der Waals surface area contributed by atoms with Crippen LogP contribution in [0.5, 0.6) is 0 Å². The molecule has 1 atom stereocenters. The standard InChI is InChI=1S/C20H21FN4O2S2/c1-4-20(2,3)22-18(26)17(16-6-5-11-28-16)25(14-9-7-13(21)8-10-14)19(27)15-12-29-24-23-15/h5-12,17H,4H2,1-3H3,(H,22,26)/t17-/m1/s1. The van der Waals surface area contributed by atoms with Crippen LogP contribution in [0.15, 0.2) is 47.2 Å². The van der Waals surface area contributed by atoms with Crippen molar-refractivity contribution in [2.24, 2.45) is 0 Å². The van der Waals surface area contributed by atoms with Crippen molar-refractivity contribution in [3.05, 3.63) is 63.5 Å². The van der Waals surface area contributed by atoms with Gasteiger partial charge in [0, 0.05) is 21.5 Å². The smallest absolute Gasteiger partial charge is 0.280 e. The number of anilines is 1. The summed E-state index contributed by atoms with van der Waals surface area (Å²) in [6, 6.07) is 8.17. The van der Waals surface area contributed by atoms with Crippen LogP contribution in [0.4, 0.5) is 10.1 Å². The third-order valence-corrected chi connectivity index (χ3v) is 6.00. The first-order chi connectivity index (χ1) is 13.8. The van der Waals surface area contributed by atoms with Gasteiger partial charge in [0.2, 0.25) is 5.91 Å². The molecule has 0 aliphatic rings. The maximum absolute atomic E-state index is 13.5. The molecule has 0 fully saturated rings. The maximum atomic E-state index is 13.5. The average molecular weight is 433 g/mol. The number of nitrogens with one attached hydrogen (secondary N) is 1. The van der Waals surface area contributed by atoms with Gasteiger partial charge in [-0.1, -0.05) is 17.5 Å². The summed E-state index contributed by atoms with van der Waals surface area (Å²) in [7, 11) is 0. The van der Waals surface area contributed by atoms with Gasteiger partial charge in [-0.05, 0) is 67.5 Å². The normalized spacial score (nSPS) is 12.4. The van der Waals surface area contributed by atoms with E-state index < -0.39 is 23.3 Å². The molecule has 1 N–H and O–H groups in total. The number of benzene rings is 1. The van der Waals surface area contributed by atoms with Crippen LogP contribution in [0.3, 0.4) is 0 Å². The van der Waals surface area contributed by atoms with E-state index in [1.807, 2.05) is 32.2 Å². The highest BCUT2D eigenvalue weighted by molar-refractivity contribution is 7.10. The fraction of sp³-hybridized carbons (Fsp3) is 0.300. The van der Waals surface area contributed by atoms with Gasteiger partial charge in [0.15, 0.2) is 11.7 Å². The van der Waals surface area contributed by atoms with E-state index in [0.717, 1.165) is 18.0 Å². The number of carbonyl (C=O) groups excluding carboxylic acids is 2. The highest BCUT2D eigenvalue weighted by Crippen LogP contribution is 2.32. The first kappa shape index (κ1) is 21.1. The van der Waals surface area contributed by atoms with Crippen molar-refractivity contribution >= 4 is 40.4 Å². The molecule has 0 bridgehead atoms. The predicted molar refractivity (Wildman–Crippen MR) is 113 cm³/mol. The van der Waals surface area contributed by atoms with Crippen LogP contribution >= 0.6 is 22.9 Å². The van der Waals surface area contributed by atoms with E-state index in [-0.39, 0.29) is 11.6 Å². The number of thiophene rings is 1. The summed E-state index contributed by atoms with van der Waals surface area (Å²) in [5.41, 5.74) is 0.0717. The summed E-state index contributed by atoms with van der Waals surface area (Å²) in [4.78, 5) is 28.7. The minimum absolute atomic E-state index is 0.128. The molecule has 9 heteroatoms. The molecular weight excluding hydrogens is 411 g/mol. The van der Waals surface area contributed by atoms with E-state index in [1.54, 1.807) is 6.07 Å². The summed E-state index contributed by atoms with van der Waals surface area (Å²) in [5.74, 6) is -1.23. The molecule has 6 nitrogen and oxygen atoms in total. The molecule has 0 saturated carbocycles. The summed E-state index contributed by atoms with van der Waals surface area (Å²) in [5, 5.41) is 10.3. The molecule has 1 aromatic carbocycles. The van der Waals surface area contributed by atoms with Gasteiger partial charge in [-0.25, -0.2) is 4.39 Å². The summed E-state index contributed by atoms with van der Waals surface area (Å²) >= 11 is 2.42. The SMILES string of the molecule is CCC(C)(C)NC(=O)[C@@H](c1cccs1)N(C(=O)c1csnn1)c1ccc(F)cc1. The highest BCUT2D eigenvalue weighted by atomic mass is 32.1. The van der Waals surface area contributed by atoms with Gasteiger partial charge in [-0.2, -0.15) is 0 Å². The zero-order valence-electron chi connectivity index (χ0n) is 16.3. The van der Waals surface area contributed by atoms with Crippen LogP contribution in [0.1, 0.15) is 48.6 Å². The summed E-state index contributed by atoms with van der Waals surface area (Å²) in [6.45, 7) is 5.82. The number of hydrogen-bond donors (Lipinski definition) is 1. The lowest BCUT2D eigenvalue weighted by Crippen LogP contribution is -2.50. The fourth-order valence-corrected chi connectivity index (χ4v) is 3.92. The molecule has 29 heavy (non-hydrogen) atoms. The van der Waals surface area contributed by atoms with Gasteiger partial charge in [-0.3, -0.25) is 14.5 Å². The Morgan fingerprint density at radius 3 is 2.52 bits per heavy atom. The molecule has 3 aromatic rings. The van der Waals surface area contributed by atoms with Crippen molar-refractivity contribution in [2.45, 2.75) is 38.8 Å². The lowest BCUT2D eigenvalue weighted by atomic mass is 10.0. The second-order valence-corrected chi connectivity index (χ2v) is 8.68. The number of hydrogen-bond acceptors (Lipinski definition) is 6. The van der Waals surface area contributed by atoms with Crippen LogP contribution < -0.4 is 10.2 Å². The Kier molecular flexibility index (Phi) is 6.39. The molecular formula is C20H21FN4O2S2. The Morgan fingerprint density at radius 2 is 1.97 bits per heavy atom. The second-order valence-electron chi connectivity index (χ2n) is 7.09. The van der Waals surface area contributed by atoms with Crippen LogP contribution in [0, 0.1) is 5.82 Å². The van der Waals surface area contributed by atoms with Gasteiger partial charge in [0.05, 0.1) is 0 Å². The number of carbonyl (C=O) groups is 2. The van der Waals surface area contributed by atoms with Crippen LogP contribution in [-0.4, -0.2) is 26.9 Å². The highest BCUT2D eigenvalue weighted by Gasteiger charge is 2.36. The number of rotatable bonds is 7. The monoisotopic (exact) mass is 432 g/mol. The van der Waals surface area contributed by atoms with Gasteiger partial charge < -0.3 is 5.32 Å². The topological polar surface area (TPSA) is 75.2 Å². The molecule has 3 rings (SSSR count). The van der Waals surface area contributed by atoms with Crippen molar-refractivity contribution < 1.29 is 14.0 Å². The quantitative estimate of drug-likeness (QED) is 0.599. The van der Waals surface area contributed by atoms with Gasteiger partial charge in [-0.15, -0.1) is 16.4 Å². The molecule has 0 unspecified atom stereocenters. The lowest BCUT2D eigenvalue weighted by Gasteiger charge is -2.33. The zero-order valence-corrected chi connectivity index (χ0v) is 17.9. The van der Waals surface area contributed by atoms with Crippen molar-refractivity contribution in [3.63, 3.8) is 0 Å². The fourth-order valence-electron chi connectivity index (χ4n) is 2.68. The predicted octanol–water partition coefficient (Wildman–Crippen LogP) is 4.43. The molecule has 2 amide bonds. The van der Waals surface area contributed by atoms with E-state index in [4.69, 9.17) is 0 Å². The van der Waals surface area contributed by atoms with Crippen molar-refractivity contribution in [2.75, 3.05) is 4.90 Å². The Hall–Kier alpha value is -2.65. The molecule has 0 radical (unpaired) electrons. The number of nitrogens with zero attached hydrogens (tertiary/aromatic N) is 3. The van der Waals surface area contributed by atoms with Gasteiger partial charge in [0.1, 0.15) is 5.82 Å². The van der Waals surface area contributed by atoms with Gasteiger partial charge >= 0.3 is 0 Å². The number of amides is 2. The van der Waals surface area contributed by atoms with E-state index in [2.05, 4.69) is 14.9 Å². The first-order valence-electron chi connectivity index (χ1n) is 9.04. The van der Waals surface area contributed by atoms with Crippen LogP contribution in [0.2, 0.25) is 0 Å². The molecule has 2 aromatic heterocycles. The van der Waals surface area contributed by atoms with Gasteiger partial charge in [0.25, 0.3) is 5.91 Å². The lowest BCUT2D eigenvalue weighted by molar-refractivity contribution is -0.124.